The van der Waals surface area contributed by atoms with E-state index in [0.717, 1.165) is 29.9 Å². The molecule has 0 bridgehead atoms. The Bertz CT molecular complexity index is 727. The highest BCUT2D eigenvalue weighted by Gasteiger charge is 2.25. The van der Waals surface area contributed by atoms with Gasteiger partial charge in [0.2, 0.25) is 5.89 Å². The highest BCUT2D eigenvalue weighted by atomic mass is 16.4. The first-order chi connectivity index (χ1) is 11.9. The number of piperidine rings is 1. The van der Waals surface area contributed by atoms with Gasteiger partial charge in [0.1, 0.15) is 5.76 Å². The Morgan fingerprint density at radius 2 is 2.08 bits per heavy atom. The topological polar surface area (TPSA) is 78.6 Å². The summed E-state index contributed by atoms with van der Waals surface area (Å²) in [7, 11) is 0. The first-order valence-corrected chi connectivity index (χ1v) is 8.72. The molecule has 25 heavy (non-hydrogen) atoms. The summed E-state index contributed by atoms with van der Waals surface area (Å²) in [5, 5.41) is 12.6. The predicted molar refractivity (Wildman–Crippen MR) is 96.4 cm³/mol. The van der Waals surface area contributed by atoms with Crippen LogP contribution in [0.25, 0.3) is 11.5 Å². The van der Waals surface area contributed by atoms with Crippen LogP contribution in [0.1, 0.15) is 31.2 Å². The van der Waals surface area contributed by atoms with Crippen LogP contribution in [0.4, 0.5) is 10.5 Å². The summed E-state index contributed by atoms with van der Waals surface area (Å²) in [6.45, 7) is 6.94. The lowest BCUT2D eigenvalue weighted by atomic mass is 9.92. The van der Waals surface area contributed by atoms with E-state index in [1.165, 1.54) is 0 Å². The number of urea groups is 1. The summed E-state index contributed by atoms with van der Waals surface area (Å²) in [5.74, 6) is 1.64. The number of oxazole rings is 1. The zero-order valence-corrected chi connectivity index (χ0v) is 15.0. The number of carbonyl (C=O) groups is 1. The minimum Gasteiger partial charge on any atom is -0.441 e. The zero-order chi connectivity index (χ0) is 18.0. The molecular formula is C19H25N3O3. The molecule has 0 radical (unpaired) electrons. The molecule has 2 heterocycles. The standard InChI is InChI=1S/C19H25N3O3/c1-12-14(3)25-18(20-12)16-5-4-6-17(11-16)21-19(24)22-9-7-15(8-10-22)13(2)23/h4-6,11,13,15,23H,7-10H2,1-3H3,(H,21,24). The summed E-state index contributed by atoms with van der Waals surface area (Å²) >= 11 is 0. The van der Waals surface area contributed by atoms with Gasteiger partial charge < -0.3 is 19.7 Å². The van der Waals surface area contributed by atoms with Crippen molar-refractivity contribution < 1.29 is 14.3 Å². The van der Waals surface area contributed by atoms with Gasteiger partial charge in [-0.05, 0) is 57.7 Å². The van der Waals surface area contributed by atoms with Crippen LogP contribution < -0.4 is 5.32 Å². The van der Waals surface area contributed by atoms with E-state index in [9.17, 15) is 9.90 Å². The van der Waals surface area contributed by atoms with Crippen LogP contribution in [0.15, 0.2) is 28.7 Å². The molecule has 0 aliphatic carbocycles. The van der Waals surface area contributed by atoms with E-state index < -0.39 is 0 Å². The van der Waals surface area contributed by atoms with Gasteiger partial charge in [0.25, 0.3) is 0 Å². The van der Waals surface area contributed by atoms with Crippen molar-refractivity contribution in [1.29, 1.82) is 0 Å². The second-order valence-electron chi connectivity index (χ2n) is 6.74. The summed E-state index contributed by atoms with van der Waals surface area (Å²) in [6.07, 6.45) is 1.36. The lowest BCUT2D eigenvalue weighted by Gasteiger charge is -2.33. The molecule has 2 amide bonds. The second-order valence-corrected chi connectivity index (χ2v) is 6.74. The Labute approximate surface area is 147 Å². The molecule has 1 saturated heterocycles. The maximum atomic E-state index is 12.5. The number of amides is 2. The number of nitrogens with zero attached hydrogens (tertiary/aromatic N) is 2. The van der Waals surface area contributed by atoms with Crippen LogP contribution in [0.3, 0.4) is 0 Å². The van der Waals surface area contributed by atoms with Gasteiger partial charge in [-0.15, -0.1) is 0 Å². The monoisotopic (exact) mass is 343 g/mol. The molecule has 1 atom stereocenters. The van der Waals surface area contributed by atoms with Crippen LogP contribution in [-0.4, -0.2) is 40.2 Å². The molecule has 0 spiro atoms. The van der Waals surface area contributed by atoms with Gasteiger partial charge in [0.05, 0.1) is 11.8 Å². The van der Waals surface area contributed by atoms with Crippen molar-refractivity contribution in [2.75, 3.05) is 18.4 Å². The fourth-order valence-electron chi connectivity index (χ4n) is 3.11. The molecule has 1 aliphatic rings. The van der Waals surface area contributed by atoms with Crippen LogP contribution in [0, 0.1) is 19.8 Å². The van der Waals surface area contributed by atoms with Crippen molar-refractivity contribution in [3.05, 3.63) is 35.7 Å². The van der Waals surface area contributed by atoms with Crippen molar-refractivity contribution in [2.24, 2.45) is 5.92 Å². The average Bonchev–Trinajstić information content (AvgIpc) is 2.94. The van der Waals surface area contributed by atoms with Gasteiger partial charge in [-0.2, -0.15) is 0 Å². The zero-order valence-electron chi connectivity index (χ0n) is 15.0. The molecule has 3 rings (SSSR count). The van der Waals surface area contributed by atoms with Gasteiger partial charge in [0.15, 0.2) is 0 Å². The quantitative estimate of drug-likeness (QED) is 0.893. The number of benzene rings is 1. The fourth-order valence-corrected chi connectivity index (χ4v) is 3.11. The highest BCUT2D eigenvalue weighted by Crippen LogP contribution is 2.25. The number of aryl methyl sites for hydroxylation is 2. The number of rotatable bonds is 3. The molecular weight excluding hydrogens is 318 g/mol. The molecule has 6 nitrogen and oxygen atoms in total. The molecule has 0 saturated carbocycles. The number of carbonyl (C=O) groups excluding carboxylic acids is 1. The first kappa shape index (κ1) is 17.5. The molecule has 1 unspecified atom stereocenters. The number of hydrogen-bond donors (Lipinski definition) is 2. The molecule has 2 aromatic rings. The van der Waals surface area contributed by atoms with Crippen molar-refractivity contribution in [3.8, 4) is 11.5 Å². The van der Waals surface area contributed by atoms with E-state index in [2.05, 4.69) is 10.3 Å². The maximum Gasteiger partial charge on any atom is 0.321 e. The SMILES string of the molecule is Cc1nc(-c2cccc(NC(=O)N3CCC(C(C)O)CC3)c2)oc1C. The Morgan fingerprint density at radius 1 is 1.36 bits per heavy atom. The van der Waals surface area contributed by atoms with Gasteiger partial charge >= 0.3 is 6.03 Å². The summed E-state index contributed by atoms with van der Waals surface area (Å²) in [5.41, 5.74) is 2.42. The van der Waals surface area contributed by atoms with E-state index >= 15 is 0 Å². The fraction of sp³-hybridized carbons (Fsp3) is 0.474. The number of nitrogens with one attached hydrogen (secondary N) is 1. The number of aliphatic hydroxyl groups is 1. The average molecular weight is 343 g/mol. The third-order valence-corrected chi connectivity index (χ3v) is 4.90. The van der Waals surface area contributed by atoms with E-state index in [4.69, 9.17) is 4.42 Å². The molecule has 134 valence electrons. The number of likely N-dealkylation sites (tertiary alicyclic amines) is 1. The van der Waals surface area contributed by atoms with Gasteiger partial charge in [-0.3, -0.25) is 0 Å². The number of hydrogen-bond acceptors (Lipinski definition) is 4. The minimum atomic E-state index is -0.311. The molecule has 1 aromatic heterocycles. The van der Waals surface area contributed by atoms with Crippen LogP contribution in [0.2, 0.25) is 0 Å². The van der Waals surface area contributed by atoms with E-state index in [-0.39, 0.29) is 18.1 Å². The van der Waals surface area contributed by atoms with Crippen molar-refractivity contribution >= 4 is 11.7 Å². The summed E-state index contributed by atoms with van der Waals surface area (Å²) in [4.78, 5) is 18.7. The van der Waals surface area contributed by atoms with Gasteiger partial charge in [-0.1, -0.05) is 6.07 Å². The Hall–Kier alpha value is -2.34. The molecule has 1 aromatic carbocycles. The van der Waals surface area contributed by atoms with Gasteiger partial charge in [-0.25, -0.2) is 9.78 Å². The van der Waals surface area contributed by atoms with Crippen LogP contribution >= 0.6 is 0 Å². The predicted octanol–water partition coefficient (Wildman–Crippen LogP) is 3.58. The molecule has 1 aliphatic heterocycles. The Balaban J connectivity index is 1.65. The molecule has 1 fully saturated rings. The third kappa shape index (κ3) is 4.02. The Kier molecular flexibility index (Phi) is 5.08. The van der Waals surface area contributed by atoms with Crippen LogP contribution in [-0.2, 0) is 0 Å². The summed E-state index contributed by atoms with van der Waals surface area (Å²) in [6, 6.07) is 7.40. The van der Waals surface area contributed by atoms with E-state index in [1.807, 2.05) is 45.0 Å². The van der Waals surface area contributed by atoms with Crippen molar-refractivity contribution in [3.63, 3.8) is 0 Å². The lowest BCUT2D eigenvalue weighted by Crippen LogP contribution is -2.42. The van der Waals surface area contributed by atoms with E-state index in [1.54, 1.807) is 4.90 Å². The minimum absolute atomic E-state index is 0.110. The lowest BCUT2D eigenvalue weighted by molar-refractivity contribution is 0.0820. The number of aliphatic hydroxyl groups excluding tert-OH is 1. The normalized spacial score (nSPS) is 16.7. The van der Waals surface area contributed by atoms with Crippen LogP contribution in [0.5, 0.6) is 0 Å². The second kappa shape index (κ2) is 7.27. The Morgan fingerprint density at radius 3 is 2.68 bits per heavy atom. The highest BCUT2D eigenvalue weighted by molar-refractivity contribution is 5.90. The summed E-state index contributed by atoms with van der Waals surface area (Å²) < 4.78 is 5.65. The smallest absolute Gasteiger partial charge is 0.321 e. The van der Waals surface area contributed by atoms with Gasteiger partial charge in [0, 0.05) is 24.3 Å². The first-order valence-electron chi connectivity index (χ1n) is 8.72. The number of anilines is 1. The van der Waals surface area contributed by atoms with Crippen molar-refractivity contribution in [1.82, 2.24) is 9.88 Å². The maximum absolute atomic E-state index is 12.5. The van der Waals surface area contributed by atoms with E-state index in [0.29, 0.717) is 24.7 Å². The van der Waals surface area contributed by atoms with Crippen molar-refractivity contribution in [2.45, 2.75) is 39.7 Å². The molecule has 6 heteroatoms. The number of aromatic nitrogens is 1. The largest absolute Gasteiger partial charge is 0.441 e. The molecule has 2 N–H and O–H groups in total. The third-order valence-electron chi connectivity index (χ3n) is 4.90.